The van der Waals surface area contributed by atoms with Crippen molar-refractivity contribution in [2.75, 3.05) is 6.26 Å². The van der Waals surface area contributed by atoms with E-state index >= 15 is 0 Å². The summed E-state index contributed by atoms with van der Waals surface area (Å²) >= 11 is 0. The van der Waals surface area contributed by atoms with Gasteiger partial charge in [-0.2, -0.15) is 4.72 Å². The molecule has 1 aromatic rings. The summed E-state index contributed by atoms with van der Waals surface area (Å²) in [5, 5.41) is 8.82. The first-order valence-electron chi connectivity index (χ1n) is 4.26. The molecule has 0 spiro atoms. The standard InChI is InChI=1S/C9H10FNO4S/c1-16(14,15)11-8(9(12)13)6-4-2-3-5-7(6)10/h2-5,8,11H,1H3,(H,12,13). The molecule has 1 atom stereocenters. The number of sulfonamides is 1. The first-order chi connectivity index (χ1) is 7.31. The lowest BCUT2D eigenvalue weighted by Gasteiger charge is -2.13. The zero-order chi connectivity index (χ0) is 12.3. The van der Waals surface area contributed by atoms with E-state index in [4.69, 9.17) is 5.11 Å². The SMILES string of the molecule is CS(=O)(=O)NC(C(=O)O)c1ccccc1F. The number of carboxylic acid groups (broad SMARTS) is 1. The number of aliphatic carboxylic acids is 1. The molecule has 0 aliphatic carbocycles. The molecule has 0 radical (unpaired) electrons. The third-order valence-electron chi connectivity index (χ3n) is 1.80. The van der Waals surface area contributed by atoms with Crippen molar-refractivity contribution in [3.05, 3.63) is 35.6 Å². The summed E-state index contributed by atoms with van der Waals surface area (Å²) < 4.78 is 37.0. The molecule has 0 heterocycles. The van der Waals surface area contributed by atoms with Crippen molar-refractivity contribution < 1.29 is 22.7 Å². The molecule has 0 aliphatic heterocycles. The molecule has 0 saturated carbocycles. The fraction of sp³-hybridized carbons (Fsp3) is 0.222. The fourth-order valence-electron chi connectivity index (χ4n) is 1.17. The van der Waals surface area contributed by atoms with E-state index in [0.29, 0.717) is 0 Å². The molecule has 16 heavy (non-hydrogen) atoms. The van der Waals surface area contributed by atoms with Gasteiger partial charge in [0.1, 0.15) is 11.9 Å². The zero-order valence-corrected chi connectivity index (χ0v) is 9.16. The average Bonchev–Trinajstić information content (AvgIpc) is 2.13. The van der Waals surface area contributed by atoms with Crippen molar-refractivity contribution in [2.45, 2.75) is 6.04 Å². The van der Waals surface area contributed by atoms with E-state index in [1.165, 1.54) is 18.2 Å². The highest BCUT2D eigenvalue weighted by Gasteiger charge is 2.25. The number of carbonyl (C=O) groups is 1. The van der Waals surface area contributed by atoms with E-state index in [2.05, 4.69) is 0 Å². The van der Waals surface area contributed by atoms with Crippen LogP contribution in [0.5, 0.6) is 0 Å². The van der Waals surface area contributed by atoms with E-state index in [1.807, 2.05) is 4.72 Å². The summed E-state index contributed by atoms with van der Waals surface area (Å²) in [5.74, 6) is -2.23. The largest absolute Gasteiger partial charge is 0.480 e. The summed E-state index contributed by atoms with van der Waals surface area (Å²) in [7, 11) is -3.73. The quantitative estimate of drug-likeness (QED) is 0.811. The Hall–Kier alpha value is -1.47. The van der Waals surface area contributed by atoms with E-state index in [0.717, 1.165) is 12.3 Å². The van der Waals surface area contributed by atoms with Gasteiger partial charge in [0.2, 0.25) is 10.0 Å². The predicted octanol–water partition coefficient (Wildman–Crippen LogP) is 0.501. The Bertz CT molecular complexity index is 500. The normalized spacial score (nSPS) is 13.4. The summed E-state index contributed by atoms with van der Waals surface area (Å²) in [6, 6.07) is 3.48. The average molecular weight is 247 g/mol. The van der Waals surface area contributed by atoms with Gasteiger partial charge in [-0.3, -0.25) is 4.79 Å². The fourth-order valence-corrected chi connectivity index (χ4v) is 1.83. The molecule has 2 N–H and O–H groups in total. The maximum absolute atomic E-state index is 13.3. The molecule has 1 unspecified atom stereocenters. The number of halogens is 1. The van der Waals surface area contributed by atoms with Gasteiger partial charge in [-0.15, -0.1) is 0 Å². The van der Waals surface area contributed by atoms with Crippen molar-refractivity contribution in [2.24, 2.45) is 0 Å². The molecule has 0 fully saturated rings. The summed E-state index contributed by atoms with van der Waals surface area (Å²) in [4.78, 5) is 10.8. The number of hydrogen-bond acceptors (Lipinski definition) is 3. The van der Waals surface area contributed by atoms with Gasteiger partial charge < -0.3 is 5.11 Å². The van der Waals surface area contributed by atoms with E-state index < -0.39 is 27.9 Å². The van der Waals surface area contributed by atoms with Gasteiger partial charge >= 0.3 is 5.97 Å². The van der Waals surface area contributed by atoms with Gasteiger partial charge in [0.15, 0.2) is 0 Å². The molecule has 0 saturated heterocycles. The summed E-state index contributed by atoms with van der Waals surface area (Å²) in [6.07, 6.45) is 0.809. The second kappa shape index (κ2) is 4.58. The molecule has 88 valence electrons. The van der Waals surface area contributed by atoms with Crippen LogP contribution in [0, 0.1) is 5.82 Å². The minimum atomic E-state index is -3.73. The lowest BCUT2D eigenvalue weighted by molar-refractivity contribution is -0.139. The minimum absolute atomic E-state index is 0.222. The highest BCUT2D eigenvalue weighted by Crippen LogP contribution is 2.17. The van der Waals surface area contributed by atoms with Crippen LogP contribution >= 0.6 is 0 Å². The first kappa shape index (κ1) is 12.6. The van der Waals surface area contributed by atoms with Gasteiger partial charge in [-0.1, -0.05) is 18.2 Å². The molecule has 5 nitrogen and oxygen atoms in total. The molecular weight excluding hydrogens is 237 g/mol. The molecule has 0 aromatic heterocycles. The Labute approximate surface area is 92.0 Å². The molecule has 0 aliphatic rings. The van der Waals surface area contributed by atoms with Gasteiger partial charge in [0.25, 0.3) is 0 Å². The van der Waals surface area contributed by atoms with Crippen LogP contribution in [0.2, 0.25) is 0 Å². The molecule has 0 bridgehead atoms. The van der Waals surface area contributed by atoms with Gasteiger partial charge in [0, 0.05) is 5.56 Å². The smallest absolute Gasteiger partial charge is 0.326 e. The third kappa shape index (κ3) is 3.28. The number of carboxylic acids is 1. The topological polar surface area (TPSA) is 83.5 Å². The lowest BCUT2D eigenvalue weighted by atomic mass is 10.1. The van der Waals surface area contributed by atoms with Crippen LogP contribution in [-0.2, 0) is 14.8 Å². The van der Waals surface area contributed by atoms with Crippen LogP contribution < -0.4 is 4.72 Å². The van der Waals surface area contributed by atoms with Crippen molar-refractivity contribution in [1.29, 1.82) is 0 Å². The molecule has 1 aromatic carbocycles. The number of benzene rings is 1. The van der Waals surface area contributed by atoms with Gasteiger partial charge in [-0.05, 0) is 6.07 Å². The maximum atomic E-state index is 13.3. The van der Waals surface area contributed by atoms with Crippen LogP contribution in [0.25, 0.3) is 0 Å². The highest BCUT2D eigenvalue weighted by atomic mass is 32.2. The number of nitrogens with one attached hydrogen (secondary N) is 1. The van der Waals surface area contributed by atoms with Crippen molar-refractivity contribution in [3.8, 4) is 0 Å². The van der Waals surface area contributed by atoms with Crippen molar-refractivity contribution >= 4 is 16.0 Å². The first-order valence-corrected chi connectivity index (χ1v) is 6.15. The Morgan fingerprint density at radius 2 is 2.00 bits per heavy atom. The van der Waals surface area contributed by atoms with Crippen LogP contribution in [0.1, 0.15) is 11.6 Å². The van der Waals surface area contributed by atoms with Crippen molar-refractivity contribution in [1.82, 2.24) is 4.72 Å². The second-order valence-electron chi connectivity index (χ2n) is 3.18. The Morgan fingerprint density at radius 3 is 2.44 bits per heavy atom. The Morgan fingerprint density at radius 1 is 1.44 bits per heavy atom. The summed E-state index contributed by atoms with van der Waals surface area (Å²) in [6.45, 7) is 0. The molecule has 0 amide bonds. The maximum Gasteiger partial charge on any atom is 0.326 e. The second-order valence-corrected chi connectivity index (χ2v) is 4.96. The molecule has 1 rings (SSSR count). The van der Waals surface area contributed by atoms with Gasteiger partial charge in [0.05, 0.1) is 6.26 Å². The van der Waals surface area contributed by atoms with Gasteiger partial charge in [-0.25, -0.2) is 12.8 Å². The van der Waals surface area contributed by atoms with E-state index in [1.54, 1.807) is 0 Å². The van der Waals surface area contributed by atoms with Crippen LogP contribution in [-0.4, -0.2) is 25.7 Å². The zero-order valence-electron chi connectivity index (χ0n) is 8.34. The molecule has 7 heteroatoms. The monoisotopic (exact) mass is 247 g/mol. The molecular formula is C9H10FNO4S. The summed E-state index contributed by atoms with van der Waals surface area (Å²) in [5.41, 5.74) is -0.222. The third-order valence-corrected chi connectivity index (χ3v) is 2.46. The predicted molar refractivity (Wildman–Crippen MR) is 54.8 cm³/mol. The number of rotatable bonds is 4. The van der Waals surface area contributed by atoms with Crippen LogP contribution in [0.3, 0.4) is 0 Å². The number of hydrogen-bond donors (Lipinski definition) is 2. The van der Waals surface area contributed by atoms with E-state index in [9.17, 15) is 17.6 Å². The van der Waals surface area contributed by atoms with Crippen LogP contribution in [0.15, 0.2) is 24.3 Å². The van der Waals surface area contributed by atoms with Crippen molar-refractivity contribution in [3.63, 3.8) is 0 Å². The minimum Gasteiger partial charge on any atom is -0.480 e. The lowest BCUT2D eigenvalue weighted by Crippen LogP contribution is -2.33. The van der Waals surface area contributed by atoms with E-state index in [-0.39, 0.29) is 5.56 Å². The Balaban J connectivity index is 3.14. The Kier molecular flexibility index (Phi) is 3.61. The highest BCUT2D eigenvalue weighted by molar-refractivity contribution is 7.88. The van der Waals surface area contributed by atoms with Crippen LogP contribution in [0.4, 0.5) is 4.39 Å².